The molecule has 0 saturated heterocycles. The van der Waals surface area contributed by atoms with Crippen LogP contribution < -0.4 is 10.1 Å². The van der Waals surface area contributed by atoms with Crippen molar-refractivity contribution in [3.63, 3.8) is 0 Å². The summed E-state index contributed by atoms with van der Waals surface area (Å²) >= 11 is 0. The van der Waals surface area contributed by atoms with Crippen molar-refractivity contribution in [2.75, 3.05) is 7.11 Å². The van der Waals surface area contributed by atoms with Crippen molar-refractivity contribution in [3.8, 4) is 5.75 Å². The second-order valence-corrected chi connectivity index (χ2v) is 4.91. The van der Waals surface area contributed by atoms with Crippen molar-refractivity contribution in [2.45, 2.75) is 6.54 Å². The Bertz CT molecular complexity index is 810. The molecule has 0 aliphatic rings. The maximum Gasteiger partial charge on any atom is 0.252 e. The highest BCUT2D eigenvalue weighted by molar-refractivity contribution is 6.06. The van der Waals surface area contributed by atoms with Crippen LogP contribution in [-0.2, 0) is 6.54 Å². The Kier molecular flexibility index (Phi) is 4.01. The summed E-state index contributed by atoms with van der Waals surface area (Å²) in [6.45, 7) is 0.451. The highest BCUT2D eigenvalue weighted by atomic mass is 16.5. The van der Waals surface area contributed by atoms with Gasteiger partial charge >= 0.3 is 0 Å². The summed E-state index contributed by atoms with van der Waals surface area (Å²) in [5.41, 5.74) is 2.44. The summed E-state index contributed by atoms with van der Waals surface area (Å²) in [6, 6.07) is 16.9. The average molecular weight is 292 g/mol. The predicted octanol–water partition coefficient (Wildman–Crippen LogP) is 3.17. The van der Waals surface area contributed by atoms with Gasteiger partial charge in [-0.1, -0.05) is 24.3 Å². The quantitative estimate of drug-likeness (QED) is 0.803. The molecule has 3 rings (SSSR count). The van der Waals surface area contributed by atoms with E-state index in [1.807, 2.05) is 54.6 Å². The SMILES string of the molecule is COc1cccc(CNC(=O)c2cccc3ncccc23)c1. The molecule has 1 heterocycles. The first kappa shape index (κ1) is 14.1. The topological polar surface area (TPSA) is 51.2 Å². The van der Waals surface area contributed by atoms with Gasteiger partial charge in [-0.15, -0.1) is 0 Å². The van der Waals surface area contributed by atoms with Crippen LogP contribution in [0, 0.1) is 0 Å². The molecule has 0 aliphatic carbocycles. The van der Waals surface area contributed by atoms with Gasteiger partial charge in [0.25, 0.3) is 5.91 Å². The molecule has 110 valence electrons. The van der Waals surface area contributed by atoms with E-state index in [1.54, 1.807) is 13.3 Å². The fourth-order valence-corrected chi connectivity index (χ4v) is 2.36. The zero-order valence-electron chi connectivity index (χ0n) is 12.2. The Balaban J connectivity index is 1.79. The minimum Gasteiger partial charge on any atom is -0.497 e. The number of ether oxygens (including phenoxy) is 1. The van der Waals surface area contributed by atoms with Crippen LogP contribution in [0.15, 0.2) is 60.8 Å². The monoisotopic (exact) mass is 292 g/mol. The van der Waals surface area contributed by atoms with E-state index in [9.17, 15) is 4.79 Å². The Morgan fingerprint density at radius 3 is 2.86 bits per heavy atom. The van der Waals surface area contributed by atoms with Crippen molar-refractivity contribution >= 4 is 16.8 Å². The molecule has 2 aromatic carbocycles. The van der Waals surface area contributed by atoms with E-state index >= 15 is 0 Å². The minimum absolute atomic E-state index is 0.110. The molecule has 0 unspecified atom stereocenters. The van der Waals surface area contributed by atoms with E-state index in [4.69, 9.17) is 4.74 Å². The Morgan fingerprint density at radius 2 is 2.00 bits per heavy atom. The highest BCUT2D eigenvalue weighted by Crippen LogP contribution is 2.17. The van der Waals surface area contributed by atoms with Gasteiger partial charge in [-0.25, -0.2) is 0 Å². The molecule has 3 aromatic rings. The highest BCUT2D eigenvalue weighted by Gasteiger charge is 2.09. The summed E-state index contributed by atoms with van der Waals surface area (Å²) in [4.78, 5) is 16.7. The van der Waals surface area contributed by atoms with Crippen molar-refractivity contribution < 1.29 is 9.53 Å². The zero-order chi connectivity index (χ0) is 15.4. The number of aromatic nitrogens is 1. The number of rotatable bonds is 4. The maximum atomic E-state index is 12.4. The van der Waals surface area contributed by atoms with Crippen LogP contribution in [0.1, 0.15) is 15.9 Å². The third-order valence-electron chi connectivity index (χ3n) is 3.48. The molecule has 0 saturated carbocycles. The number of carbonyl (C=O) groups excluding carboxylic acids is 1. The van der Waals surface area contributed by atoms with E-state index in [0.29, 0.717) is 12.1 Å². The molecule has 0 fully saturated rings. The number of amides is 1. The van der Waals surface area contributed by atoms with Crippen molar-refractivity contribution in [1.29, 1.82) is 0 Å². The van der Waals surface area contributed by atoms with Crippen LogP contribution in [0.3, 0.4) is 0 Å². The van der Waals surface area contributed by atoms with Gasteiger partial charge in [0.1, 0.15) is 5.75 Å². The van der Waals surface area contributed by atoms with E-state index in [1.165, 1.54) is 0 Å². The van der Waals surface area contributed by atoms with Crippen LogP contribution >= 0.6 is 0 Å². The van der Waals surface area contributed by atoms with Crippen molar-refractivity contribution in [2.24, 2.45) is 0 Å². The van der Waals surface area contributed by atoms with Gasteiger partial charge in [0.05, 0.1) is 12.6 Å². The molecule has 4 heteroatoms. The molecule has 1 aromatic heterocycles. The molecule has 0 radical (unpaired) electrons. The molecule has 0 atom stereocenters. The lowest BCUT2D eigenvalue weighted by Crippen LogP contribution is -2.23. The molecule has 1 amide bonds. The number of fused-ring (bicyclic) bond motifs is 1. The number of nitrogens with one attached hydrogen (secondary N) is 1. The lowest BCUT2D eigenvalue weighted by molar-refractivity contribution is 0.0952. The Hall–Kier alpha value is -2.88. The standard InChI is InChI=1S/C18H16N2O2/c1-22-14-6-2-5-13(11-14)12-20-18(21)16-7-3-9-17-15(16)8-4-10-19-17/h2-11H,12H2,1H3,(H,20,21). The van der Waals surface area contributed by atoms with Crippen molar-refractivity contribution in [3.05, 3.63) is 71.9 Å². The summed E-state index contributed by atoms with van der Waals surface area (Å²) in [6.07, 6.45) is 1.72. The lowest BCUT2D eigenvalue weighted by Gasteiger charge is -2.08. The van der Waals surface area contributed by atoms with E-state index < -0.39 is 0 Å². The molecule has 0 spiro atoms. The van der Waals surface area contributed by atoms with Crippen LogP contribution in [0.25, 0.3) is 10.9 Å². The van der Waals surface area contributed by atoms with Gasteiger partial charge in [0.2, 0.25) is 0 Å². The second-order valence-electron chi connectivity index (χ2n) is 4.91. The van der Waals surface area contributed by atoms with Gasteiger partial charge in [0, 0.05) is 23.7 Å². The van der Waals surface area contributed by atoms with Crippen LogP contribution in [0.4, 0.5) is 0 Å². The fraction of sp³-hybridized carbons (Fsp3) is 0.111. The number of hydrogen-bond acceptors (Lipinski definition) is 3. The molecule has 1 N–H and O–H groups in total. The third-order valence-corrected chi connectivity index (χ3v) is 3.48. The summed E-state index contributed by atoms with van der Waals surface area (Å²) < 4.78 is 5.18. The number of carbonyl (C=O) groups is 1. The number of nitrogens with zero attached hydrogens (tertiary/aromatic N) is 1. The molecule has 0 bridgehead atoms. The number of methoxy groups -OCH3 is 1. The van der Waals surface area contributed by atoms with Crippen LogP contribution in [-0.4, -0.2) is 18.0 Å². The Morgan fingerprint density at radius 1 is 1.14 bits per heavy atom. The molecular formula is C18H16N2O2. The van der Waals surface area contributed by atoms with Gasteiger partial charge in [0.15, 0.2) is 0 Å². The minimum atomic E-state index is -0.110. The smallest absolute Gasteiger partial charge is 0.252 e. The molecule has 22 heavy (non-hydrogen) atoms. The number of pyridine rings is 1. The molecule has 0 aliphatic heterocycles. The van der Waals surface area contributed by atoms with E-state index in [0.717, 1.165) is 22.2 Å². The van der Waals surface area contributed by atoms with Gasteiger partial charge < -0.3 is 10.1 Å². The van der Waals surface area contributed by atoms with Gasteiger partial charge in [-0.2, -0.15) is 0 Å². The first-order valence-electron chi connectivity index (χ1n) is 7.03. The zero-order valence-corrected chi connectivity index (χ0v) is 12.2. The Labute approximate surface area is 128 Å². The van der Waals surface area contributed by atoms with Gasteiger partial charge in [-0.3, -0.25) is 9.78 Å². The van der Waals surface area contributed by atoms with E-state index in [2.05, 4.69) is 10.3 Å². The molecular weight excluding hydrogens is 276 g/mol. The summed E-state index contributed by atoms with van der Waals surface area (Å²) in [7, 11) is 1.63. The fourth-order valence-electron chi connectivity index (χ4n) is 2.36. The summed E-state index contributed by atoms with van der Waals surface area (Å²) in [5.74, 6) is 0.669. The largest absolute Gasteiger partial charge is 0.497 e. The van der Waals surface area contributed by atoms with Gasteiger partial charge in [-0.05, 0) is 35.9 Å². The number of hydrogen-bond donors (Lipinski definition) is 1. The maximum absolute atomic E-state index is 12.4. The normalized spacial score (nSPS) is 10.4. The third kappa shape index (κ3) is 2.91. The van der Waals surface area contributed by atoms with E-state index in [-0.39, 0.29) is 5.91 Å². The van der Waals surface area contributed by atoms with Crippen LogP contribution in [0.5, 0.6) is 5.75 Å². The van der Waals surface area contributed by atoms with Crippen LogP contribution in [0.2, 0.25) is 0 Å². The average Bonchev–Trinajstić information content (AvgIpc) is 2.59. The first-order chi connectivity index (χ1) is 10.8. The number of benzene rings is 2. The van der Waals surface area contributed by atoms with Crippen molar-refractivity contribution in [1.82, 2.24) is 10.3 Å². The molecule has 4 nitrogen and oxygen atoms in total. The lowest BCUT2D eigenvalue weighted by atomic mass is 10.1. The predicted molar refractivity (Wildman–Crippen MR) is 85.9 cm³/mol. The second kappa shape index (κ2) is 6.26. The first-order valence-corrected chi connectivity index (χ1v) is 7.03. The summed E-state index contributed by atoms with van der Waals surface area (Å²) in [5, 5.41) is 3.79.